The second-order valence-corrected chi connectivity index (χ2v) is 10.8. The largest absolute Gasteiger partial charge is 0.487 e. The second kappa shape index (κ2) is 12.1. The number of nitrogens with one attached hydrogen (secondary N) is 2. The van der Waals surface area contributed by atoms with Gasteiger partial charge in [-0.1, -0.05) is 11.6 Å². The first-order valence-corrected chi connectivity index (χ1v) is 13.4. The highest BCUT2D eigenvalue weighted by Crippen LogP contribution is 2.39. The van der Waals surface area contributed by atoms with Crippen LogP contribution >= 0.6 is 11.6 Å². The maximum absolute atomic E-state index is 13.3. The molecular formula is C27H32ClF3N4O5. The van der Waals surface area contributed by atoms with Crippen LogP contribution in [0.1, 0.15) is 49.9 Å². The number of piperidine rings is 1. The van der Waals surface area contributed by atoms with Crippen molar-refractivity contribution in [2.75, 3.05) is 24.7 Å². The zero-order chi connectivity index (χ0) is 29.1. The van der Waals surface area contributed by atoms with Gasteiger partial charge in [-0.25, -0.2) is 4.98 Å². The lowest BCUT2D eigenvalue weighted by Gasteiger charge is -2.40. The number of fused-ring (bicyclic) bond motifs is 2. The van der Waals surface area contributed by atoms with Crippen LogP contribution in [0.25, 0.3) is 0 Å². The Morgan fingerprint density at radius 2 is 1.82 bits per heavy atom. The van der Waals surface area contributed by atoms with Gasteiger partial charge in [0.2, 0.25) is 0 Å². The lowest BCUT2D eigenvalue weighted by molar-refractivity contribution is -0.135. The number of nitrogens with zero attached hydrogens (tertiary/aromatic N) is 2. The Kier molecular flexibility index (Phi) is 8.99. The van der Waals surface area contributed by atoms with E-state index in [0.29, 0.717) is 35.2 Å². The number of alkyl halides is 3. The molecule has 0 saturated carbocycles. The predicted octanol–water partition coefficient (Wildman–Crippen LogP) is 3.87. The first-order chi connectivity index (χ1) is 18.9. The van der Waals surface area contributed by atoms with Crippen molar-refractivity contribution in [1.82, 2.24) is 15.6 Å². The fourth-order valence-corrected chi connectivity index (χ4v) is 5.30. The molecule has 218 valence electrons. The SMILES string of the molecule is CC(C)(Oc1ccc(Cl)cc1OCCO)C(=O)NC1CC2CCC(C1)N2c1ccc(C(=O)NCC(F)(F)F)cn1. The Balaban J connectivity index is 1.36. The summed E-state index contributed by atoms with van der Waals surface area (Å²) in [6.45, 7) is 1.78. The first-order valence-electron chi connectivity index (χ1n) is 13.0. The van der Waals surface area contributed by atoms with E-state index < -0.39 is 24.2 Å². The lowest BCUT2D eigenvalue weighted by Crippen LogP contribution is -2.55. The van der Waals surface area contributed by atoms with E-state index in [1.165, 1.54) is 12.3 Å². The van der Waals surface area contributed by atoms with Crippen molar-refractivity contribution < 1.29 is 37.3 Å². The Hall–Kier alpha value is -3.25. The van der Waals surface area contributed by atoms with Gasteiger partial charge >= 0.3 is 6.18 Å². The molecule has 0 radical (unpaired) electrons. The summed E-state index contributed by atoms with van der Waals surface area (Å²) < 4.78 is 48.7. The van der Waals surface area contributed by atoms with E-state index >= 15 is 0 Å². The summed E-state index contributed by atoms with van der Waals surface area (Å²) in [6, 6.07) is 8.04. The lowest BCUT2D eigenvalue weighted by atomic mass is 9.96. The molecule has 40 heavy (non-hydrogen) atoms. The molecule has 3 heterocycles. The number of hydrogen-bond acceptors (Lipinski definition) is 7. The van der Waals surface area contributed by atoms with Crippen molar-refractivity contribution in [3.63, 3.8) is 0 Å². The molecule has 2 amide bonds. The van der Waals surface area contributed by atoms with Gasteiger partial charge in [-0.2, -0.15) is 13.2 Å². The number of carbonyl (C=O) groups is 2. The quantitative estimate of drug-likeness (QED) is 0.389. The van der Waals surface area contributed by atoms with Gasteiger partial charge in [0.1, 0.15) is 19.0 Å². The monoisotopic (exact) mass is 584 g/mol. The predicted molar refractivity (Wildman–Crippen MR) is 142 cm³/mol. The minimum atomic E-state index is -4.49. The van der Waals surface area contributed by atoms with E-state index in [0.717, 1.165) is 12.8 Å². The Bertz CT molecular complexity index is 1200. The number of amides is 2. The van der Waals surface area contributed by atoms with Crippen molar-refractivity contribution in [3.05, 3.63) is 47.1 Å². The third kappa shape index (κ3) is 7.28. The van der Waals surface area contributed by atoms with Crippen LogP contribution in [0.15, 0.2) is 36.5 Å². The standard InChI is InChI=1S/C27H32ClF3N4O5/c1-26(2,40-21-7-4-17(28)11-22(21)39-10-9-36)25(38)34-18-12-19-5-6-20(13-18)35(19)23-8-3-16(14-32-23)24(37)33-15-27(29,30)31/h3-4,7-8,11,14,18-20,36H,5-6,9-10,12-13,15H2,1-2H3,(H,33,37)(H,34,38). The van der Waals surface area contributed by atoms with Gasteiger partial charge in [0.05, 0.1) is 12.2 Å². The Labute approximate surface area is 235 Å². The first kappa shape index (κ1) is 29.7. The summed E-state index contributed by atoms with van der Waals surface area (Å²) in [7, 11) is 0. The number of aliphatic hydroxyl groups is 1. The zero-order valence-electron chi connectivity index (χ0n) is 22.1. The molecule has 2 aliphatic heterocycles. The number of benzene rings is 1. The van der Waals surface area contributed by atoms with E-state index in [1.54, 1.807) is 38.1 Å². The highest BCUT2D eigenvalue weighted by Gasteiger charge is 2.43. The van der Waals surface area contributed by atoms with Gasteiger partial charge in [-0.05, 0) is 63.8 Å². The molecule has 4 rings (SSSR count). The number of aliphatic hydroxyl groups excluding tert-OH is 1. The Morgan fingerprint density at radius 1 is 1.12 bits per heavy atom. The molecule has 1 aromatic heterocycles. The maximum atomic E-state index is 13.3. The van der Waals surface area contributed by atoms with Crippen molar-refractivity contribution in [2.24, 2.45) is 0 Å². The van der Waals surface area contributed by atoms with Gasteiger partial charge < -0.3 is 30.1 Å². The highest BCUT2D eigenvalue weighted by molar-refractivity contribution is 6.30. The number of aromatic nitrogens is 1. The van der Waals surface area contributed by atoms with E-state index in [2.05, 4.69) is 15.2 Å². The number of anilines is 1. The molecule has 9 nitrogen and oxygen atoms in total. The average Bonchev–Trinajstić information content (AvgIpc) is 3.16. The Morgan fingerprint density at radius 3 is 2.42 bits per heavy atom. The van der Waals surface area contributed by atoms with Gasteiger partial charge in [0, 0.05) is 35.4 Å². The van der Waals surface area contributed by atoms with Crippen LogP contribution in [-0.4, -0.2) is 71.6 Å². The fraction of sp³-hybridized carbons (Fsp3) is 0.519. The average molecular weight is 585 g/mol. The molecule has 0 aliphatic carbocycles. The number of hydrogen-bond donors (Lipinski definition) is 3. The van der Waals surface area contributed by atoms with Crippen LogP contribution in [-0.2, 0) is 4.79 Å². The van der Waals surface area contributed by atoms with Gasteiger partial charge in [0.15, 0.2) is 17.1 Å². The summed E-state index contributed by atoms with van der Waals surface area (Å²) in [5.41, 5.74) is -1.18. The molecule has 13 heteroatoms. The van der Waals surface area contributed by atoms with Crippen LogP contribution in [0.5, 0.6) is 11.5 Å². The molecule has 1 aromatic carbocycles. The summed E-state index contributed by atoms with van der Waals surface area (Å²) in [4.78, 5) is 31.8. The number of pyridine rings is 1. The molecule has 2 saturated heterocycles. The van der Waals surface area contributed by atoms with E-state index in [-0.39, 0.29) is 42.8 Å². The summed E-state index contributed by atoms with van der Waals surface area (Å²) in [5, 5.41) is 14.5. The molecule has 2 fully saturated rings. The van der Waals surface area contributed by atoms with Gasteiger partial charge in [-0.15, -0.1) is 0 Å². The second-order valence-electron chi connectivity index (χ2n) is 10.4. The normalized spacial score (nSPS) is 20.7. The number of carbonyl (C=O) groups excluding carboxylic acids is 2. The molecule has 2 atom stereocenters. The van der Waals surface area contributed by atoms with E-state index in [4.69, 9.17) is 26.2 Å². The molecule has 2 bridgehead atoms. The molecule has 3 N–H and O–H groups in total. The molecule has 2 aromatic rings. The van der Waals surface area contributed by atoms with Crippen molar-refractivity contribution >= 4 is 29.2 Å². The van der Waals surface area contributed by atoms with Crippen LogP contribution in [0, 0.1) is 0 Å². The zero-order valence-corrected chi connectivity index (χ0v) is 22.9. The summed E-state index contributed by atoms with van der Waals surface area (Å²) >= 11 is 6.06. The van der Waals surface area contributed by atoms with Crippen molar-refractivity contribution in [3.8, 4) is 11.5 Å². The summed E-state index contributed by atoms with van der Waals surface area (Å²) in [5.74, 6) is 0.170. The molecule has 0 spiro atoms. The van der Waals surface area contributed by atoms with Gasteiger partial charge in [-0.3, -0.25) is 9.59 Å². The maximum Gasteiger partial charge on any atom is 0.405 e. The minimum Gasteiger partial charge on any atom is -0.487 e. The van der Waals surface area contributed by atoms with Crippen LogP contribution < -0.4 is 25.0 Å². The third-order valence-electron chi connectivity index (χ3n) is 6.96. The summed E-state index contributed by atoms with van der Waals surface area (Å²) in [6.07, 6.45) is -0.0366. The van der Waals surface area contributed by atoms with Crippen LogP contribution in [0.2, 0.25) is 5.02 Å². The van der Waals surface area contributed by atoms with Crippen LogP contribution in [0.4, 0.5) is 19.0 Å². The van der Waals surface area contributed by atoms with Crippen LogP contribution in [0.3, 0.4) is 0 Å². The van der Waals surface area contributed by atoms with Gasteiger partial charge in [0.25, 0.3) is 11.8 Å². The van der Waals surface area contributed by atoms with Crippen molar-refractivity contribution in [1.29, 1.82) is 0 Å². The number of ether oxygens (including phenoxy) is 2. The number of rotatable bonds is 10. The fourth-order valence-electron chi connectivity index (χ4n) is 5.14. The number of halogens is 4. The molecule has 2 aliphatic rings. The molecule has 2 unspecified atom stereocenters. The van der Waals surface area contributed by atoms with E-state index in [9.17, 15) is 22.8 Å². The highest BCUT2D eigenvalue weighted by atomic mass is 35.5. The topological polar surface area (TPSA) is 113 Å². The van der Waals surface area contributed by atoms with E-state index in [1.807, 2.05) is 5.32 Å². The van der Waals surface area contributed by atoms with Crippen molar-refractivity contribution in [2.45, 2.75) is 69.4 Å². The smallest absolute Gasteiger partial charge is 0.405 e. The molecular weight excluding hydrogens is 553 g/mol. The minimum absolute atomic E-state index is 0.0491. The third-order valence-corrected chi connectivity index (χ3v) is 7.19.